The van der Waals surface area contributed by atoms with Gasteiger partial charge in [-0.3, -0.25) is 14.9 Å². The van der Waals surface area contributed by atoms with Crippen LogP contribution in [-0.4, -0.2) is 24.5 Å². The van der Waals surface area contributed by atoms with Gasteiger partial charge in [-0.2, -0.15) is 0 Å². The fourth-order valence-electron chi connectivity index (χ4n) is 1.90. The third-order valence-corrected chi connectivity index (χ3v) is 3.28. The van der Waals surface area contributed by atoms with Crippen molar-refractivity contribution in [3.8, 4) is 5.75 Å². The average Bonchev–Trinajstić information content (AvgIpc) is 2.55. The Balaban J connectivity index is 2.07. The van der Waals surface area contributed by atoms with Gasteiger partial charge in [0.25, 0.3) is 5.69 Å². The summed E-state index contributed by atoms with van der Waals surface area (Å²) in [6.07, 6.45) is 0. The molecule has 0 aliphatic rings. The molecule has 0 bridgehead atoms. The average molecular weight is 354 g/mol. The fourth-order valence-corrected chi connectivity index (χ4v) is 2.07. The lowest BCUT2D eigenvalue weighted by Crippen LogP contribution is -2.22. The second-order valence-electron chi connectivity index (χ2n) is 4.67. The first-order valence-corrected chi connectivity index (χ1v) is 7.09. The summed E-state index contributed by atoms with van der Waals surface area (Å²) >= 11 is 5.75. The van der Waals surface area contributed by atoms with Crippen molar-refractivity contribution in [1.82, 2.24) is 0 Å². The number of amides is 1. The standard InChI is InChI=1S/C15H13ClFN3O4/c1-24-10-3-5-12(14(7-10)20(22)23)19-15(21)8-18-13-6-9(16)2-4-11(13)17/h2-7,18H,8H2,1H3,(H,19,21). The van der Waals surface area contributed by atoms with E-state index in [0.29, 0.717) is 10.8 Å². The van der Waals surface area contributed by atoms with E-state index in [4.69, 9.17) is 16.3 Å². The Hall–Kier alpha value is -2.87. The summed E-state index contributed by atoms with van der Waals surface area (Å²) in [7, 11) is 1.38. The molecule has 1 amide bonds. The highest BCUT2D eigenvalue weighted by molar-refractivity contribution is 6.30. The van der Waals surface area contributed by atoms with Gasteiger partial charge in [-0.05, 0) is 30.3 Å². The molecule has 126 valence electrons. The molecule has 0 aliphatic heterocycles. The SMILES string of the molecule is COc1ccc(NC(=O)CNc2cc(Cl)ccc2F)c([N+](=O)[O-])c1. The number of anilines is 2. The molecule has 0 saturated carbocycles. The van der Waals surface area contributed by atoms with Crippen LogP contribution in [0.1, 0.15) is 0 Å². The van der Waals surface area contributed by atoms with E-state index in [1.165, 1.54) is 37.4 Å². The van der Waals surface area contributed by atoms with Crippen molar-refractivity contribution in [3.63, 3.8) is 0 Å². The first-order valence-electron chi connectivity index (χ1n) is 6.72. The monoisotopic (exact) mass is 353 g/mol. The number of nitro benzene ring substituents is 1. The highest BCUT2D eigenvalue weighted by atomic mass is 35.5. The van der Waals surface area contributed by atoms with E-state index in [0.717, 1.165) is 6.07 Å². The van der Waals surface area contributed by atoms with Gasteiger partial charge >= 0.3 is 0 Å². The predicted molar refractivity (Wildman–Crippen MR) is 88.2 cm³/mol. The third kappa shape index (κ3) is 4.32. The summed E-state index contributed by atoms with van der Waals surface area (Å²) in [5, 5.41) is 16.3. The summed E-state index contributed by atoms with van der Waals surface area (Å²) in [6, 6.07) is 7.90. The maximum atomic E-state index is 13.5. The molecular formula is C15H13ClFN3O4. The molecule has 0 heterocycles. The zero-order valence-corrected chi connectivity index (χ0v) is 13.3. The zero-order chi connectivity index (χ0) is 17.7. The van der Waals surface area contributed by atoms with Crippen molar-refractivity contribution in [2.24, 2.45) is 0 Å². The van der Waals surface area contributed by atoms with Gasteiger partial charge in [-0.1, -0.05) is 11.6 Å². The minimum absolute atomic E-state index is 0.0131. The summed E-state index contributed by atoms with van der Waals surface area (Å²) in [5.74, 6) is -0.857. The molecule has 2 N–H and O–H groups in total. The fraction of sp³-hybridized carbons (Fsp3) is 0.133. The van der Waals surface area contributed by atoms with Gasteiger partial charge in [-0.25, -0.2) is 4.39 Å². The maximum absolute atomic E-state index is 13.5. The van der Waals surface area contributed by atoms with Crippen LogP contribution < -0.4 is 15.4 Å². The summed E-state index contributed by atoms with van der Waals surface area (Å²) in [6.45, 7) is -0.291. The number of carbonyl (C=O) groups excluding carboxylic acids is 1. The minimum Gasteiger partial charge on any atom is -0.496 e. The molecule has 0 unspecified atom stereocenters. The number of methoxy groups -OCH3 is 1. The quantitative estimate of drug-likeness (QED) is 0.613. The van der Waals surface area contributed by atoms with Crippen molar-refractivity contribution in [2.45, 2.75) is 0 Å². The van der Waals surface area contributed by atoms with Gasteiger partial charge < -0.3 is 15.4 Å². The third-order valence-electron chi connectivity index (χ3n) is 3.04. The van der Waals surface area contributed by atoms with Gasteiger partial charge in [-0.15, -0.1) is 0 Å². The van der Waals surface area contributed by atoms with Crippen molar-refractivity contribution in [3.05, 3.63) is 57.4 Å². The zero-order valence-electron chi connectivity index (χ0n) is 12.5. The Morgan fingerprint density at radius 2 is 2.04 bits per heavy atom. The molecule has 0 radical (unpaired) electrons. The van der Waals surface area contributed by atoms with Crippen molar-refractivity contribution < 1.29 is 18.8 Å². The molecule has 0 fully saturated rings. The Labute approximate surface area is 141 Å². The molecule has 0 aromatic heterocycles. The van der Waals surface area contributed by atoms with Crippen molar-refractivity contribution in [2.75, 3.05) is 24.3 Å². The van der Waals surface area contributed by atoms with Crippen LogP contribution in [0, 0.1) is 15.9 Å². The molecule has 2 aromatic rings. The van der Waals surface area contributed by atoms with E-state index < -0.39 is 16.6 Å². The van der Waals surface area contributed by atoms with Crippen LogP contribution in [-0.2, 0) is 4.79 Å². The van der Waals surface area contributed by atoms with Gasteiger partial charge in [0, 0.05) is 5.02 Å². The number of ether oxygens (including phenoxy) is 1. The predicted octanol–water partition coefficient (Wildman–Crippen LogP) is 3.45. The van der Waals surface area contributed by atoms with E-state index >= 15 is 0 Å². The molecule has 0 saturated heterocycles. The number of benzene rings is 2. The number of hydrogen-bond acceptors (Lipinski definition) is 5. The number of nitrogens with one attached hydrogen (secondary N) is 2. The minimum atomic E-state index is -0.637. The van der Waals surface area contributed by atoms with E-state index in [9.17, 15) is 19.3 Å². The van der Waals surface area contributed by atoms with E-state index in [1.54, 1.807) is 0 Å². The molecule has 7 nitrogen and oxygen atoms in total. The van der Waals surface area contributed by atoms with Gasteiger partial charge in [0.05, 0.1) is 30.3 Å². The lowest BCUT2D eigenvalue weighted by molar-refractivity contribution is -0.384. The molecule has 0 aliphatic carbocycles. The lowest BCUT2D eigenvalue weighted by Gasteiger charge is -2.10. The van der Waals surface area contributed by atoms with E-state index in [1.807, 2.05) is 0 Å². The first kappa shape index (κ1) is 17.5. The highest BCUT2D eigenvalue weighted by Crippen LogP contribution is 2.29. The number of hydrogen-bond donors (Lipinski definition) is 2. The van der Waals surface area contributed by atoms with Crippen molar-refractivity contribution >= 4 is 34.6 Å². The first-order chi connectivity index (χ1) is 11.4. The molecule has 2 rings (SSSR count). The Morgan fingerprint density at radius 1 is 1.29 bits per heavy atom. The summed E-state index contributed by atoms with van der Waals surface area (Å²) in [4.78, 5) is 22.3. The summed E-state index contributed by atoms with van der Waals surface area (Å²) < 4.78 is 18.5. The number of halogens is 2. The van der Waals surface area contributed by atoms with Crippen LogP contribution in [0.2, 0.25) is 5.02 Å². The Bertz CT molecular complexity index is 785. The Kier molecular flexibility index (Phi) is 5.54. The van der Waals surface area contributed by atoms with Crippen LogP contribution in [0.15, 0.2) is 36.4 Å². The van der Waals surface area contributed by atoms with Gasteiger partial charge in [0.15, 0.2) is 0 Å². The lowest BCUT2D eigenvalue weighted by atomic mass is 10.2. The summed E-state index contributed by atoms with van der Waals surface area (Å²) in [5.41, 5.74) is -0.238. The second kappa shape index (κ2) is 7.60. The molecule has 9 heteroatoms. The molecule has 24 heavy (non-hydrogen) atoms. The van der Waals surface area contributed by atoms with Crippen molar-refractivity contribution in [1.29, 1.82) is 0 Å². The smallest absolute Gasteiger partial charge is 0.296 e. The van der Waals surface area contributed by atoms with Crippen LogP contribution in [0.4, 0.5) is 21.5 Å². The second-order valence-corrected chi connectivity index (χ2v) is 5.10. The number of carbonyl (C=O) groups is 1. The Morgan fingerprint density at radius 3 is 2.71 bits per heavy atom. The number of nitrogens with zero attached hydrogens (tertiary/aromatic N) is 1. The maximum Gasteiger partial charge on any atom is 0.296 e. The largest absolute Gasteiger partial charge is 0.496 e. The number of nitro groups is 1. The van der Waals surface area contributed by atoms with Crippen LogP contribution in [0.3, 0.4) is 0 Å². The van der Waals surface area contributed by atoms with Gasteiger partial charge in [0.2, 0.25) is 5.91 Å². The number of rotatable bonds is 6. The molecule has 0 spiro atoms. The normalized spacial score (nSPS) is 10.1. The van der Waals surface area contributed by atoms with E-state index in [2.05, 4.69) is 10.6 Å². The van der Waals surface area contributed by atoms with Gasteiger partial charge in [0.1, 0.15) is 17.3 Å². The van der Waals surface area contributed by atoms with E-state index in [-0.39, 0.29) is 23.6 Å². The van der Waals surface area contributed by atoms with Crippen LogP contribution >= 0.6 is 11.6 Å². The molecule has 0 atom stereocenters. The van der Waals surface area contributed by atoms with Crippen LogP contribution in [0.25, 0.3) is 0 Å². The highest BCUT2D eigenvalue weighted by Gasteiger charge is 2.17. The topological polar surface area (TPSA) is 93.5 Å². The van der Waals surface area contributed by atoms with Crippen LogP contribution in [0.5, 0.6) is 5.75 Å². The molecule has 2 aromatic carbocycles. The molecular weight excluding hydrogens is 341 g/mol.